The van der Waals surface area contributed by atoms with Crippen molar-refractivity contribution in [1.82, 2.24) is 25.3 Å². The zero-order valence-electron chi connectivity index (χ0n) is 14.6. The van der Waals surface area contributed by atoms with Crippen LogP contribution in [-0.4, -0.2) is 40.0 Å². The fourth-order valence-electron chi connectivity index (χ4n) is 2.47. The second-order valence-electron chi connectivity index (χ2n) is 6.02. The molecule has 0 saturated heterocycles. The van der Waals surface area contributed by atoms with Crippen molar-refractivity contribution in [3.8, 4) is 11.3 Å². The minimum absolute atomic E-state index is 0.134. The van der Waals surface area contributed by atoms with Crippen LogP contribution in [0, 0.1) is 0 Å². The van der Waals surface area contributed by atoms with E-state index < -0.39 is 0 Å². The summed E-state index contributed by atoms with van der Waals surface area (Å²) in [5, 5.41) is 13.8. The van der Waals surface area contributed by atoms with E-state index >= 15 is 0 Å². The van der Waals surface area contributed by atoms with Crippen LogP contribution in [0.1, 0.15) is 5.56 Å². The third kappa shape index (κ3) is 3.97. The quantitative estimate of drug-likeness (QED) is 0.690. The minimum Gasteiger partial charge on any atom is -0.376 e. The number of aromatic nitrogens is 4. The Balaban J connectivity index is 1.64. The highest BCUT2D eigenvalue weighted by Crippen LogP contribution is 2.20. The van der Waals surface area contributed by atoms with Gasteiger partial charge in [0.2, 0.25) is 5.91 Å². The molecule has 0 fully saturated rings. The van der Waals surface area contributed by atoms with Gasteiger partial charge in [-0.05, 0) is 5.56 Å². The van der Waals surface area contributed by atoms with Crippen molar-refractivity contribution in [2.24, 2.45) is 0 Å². The first kappa shape index (κ1) is 17.4. The van der Waals surface area contributed by atoms with Gasteiger partial charge in [-0.15, -0.1) is 0 Å². The van der Waals surface area contributed by atoms with Crippen LogP contribution >= 0.6 is 0 Å². The summed E-state index contributed by atoms with van der Waals surface area (Å²) in [5.74, 6) is -0.294. The summed E-state index contributed by atoms with van der Waals surface area (Å²) in [5.41, 5.74) is 3.09. The Hall–Kier alpha value is -3.42. The van der Waals surface area contributed by atoms with E-state index in [1.165, 1.54) is 6.07 Å². The fraction of sp³-hybridized carbons (Fsp3) is 0.222. The predicted molar refractivity (Wildman–Crippen MR) is 98.7 cm³/mol. The first-order valence-electron chi connectivity index (χ1n) is 8.13. The number of rotatable bonds is 6. The first-order valence-corrected chi connectivity index (χ1v) is 8.13. The van der Waals surface area contributed by atoms with Crippen molar-refractivity contribution >= 4 is 11.6 Å². The van der Waals surface area contributed by atoms with E-state index in [4.69, 9.17) is 0 Å². The van der Waals surface area contributed by atoms with Crippen LogP contribution < -0.4 is 15.8 Å². The standard InChI is InChI=1S/C18H20N6O2/c1-23(2)15-8-17(26)24(21-11-15)12-16(25)19-9-14-10-20-22-18(14)13-6-4-3-5-7-13/h3-8,10-11H,9,12H2,1-2H3,(H,19,25)(H,20,22). The fourth-order valence-corrected chi connectivity index (χ4v) is 2.47. The van der Waals surface area contributed by atoms with E-state index in [2.05, 4.69) is 20.6 Å². The molecule has 2 aromatic heterocycles. The summed E-state index contributed by atoms with van der Waals surface area (Å²) in [6.45, 7) is 0.176. The average molecular weight is 352 g/mol. The SMILES string of the molecule is CN(C)c1cnn(CC(=O)NCc2cn[nH]c2-c2ccccc2)c(=O)c1. The number of carbonyl (C=O) groups excluding carboxylic acids is 1. The van der Waals surface area contributed by atoms with Crippen LogP contribution in [0.15, 0.2) is 53.6 Å². The van der Waals surface area contributed by atoms with Gasteiger partial charge in [-0.25, -0.2) is 4.68 Å². The van der Waals surface area contributed by atoms with Gasteiger partial charge in [0.25, 0.3) is 5.56 Å². The number of hydrogen-bond acceptors (Lipinski definition) is 5. The monoisotopic (exact) mass is 352 g/mol. The van der Waals surface area contributed by atoms with E-state index in [0.29, 0.717) is 12.2 Å². The lowest BCUT2D eigenvalue weighted by molar-refractivity contribution is -0.122. The second-order valence-corrected chi connectivity index (χ2v) is 6.02. The van der Waals surface area contributed by atoms with E-state index in [9.17, 15) is 9.59 Å². The molecule has 134 valence electrons. The van der Waals surface area contributed by atoms with Crippen LogP contribution in [0.5, 0.6) is 0 Å². The molecule has 1 amide bonds. The Labute approximate surface area is 150 Å². The highest BCUT2D eigenvalue weighted by Gasteiger charge is 2.11. The third-order valence-electron chi connectivity index (χ3n) is 3.92. The molecule has 1 aromatic carbocycles. The number of H-pyrrole nitrogens is 1. The van der Waals surface area contributed by atoms with Crippen LogP contribution in [0.25, 0.3) is 11.3 Å². The summed E-state index contributed by atoms with van der Waals surface area (Å²) >= 11 is 0. The predicted octanol–water partition coefficient (Wildman–Crippen LogP) is 1.02. The normalized spacial score (nSPS) is 10.5. The number of nitrogens with zero attached hydrogens (tertiary/aromatic N) is 4. The van der Waals surface area contributed by atoms with Gasteiger partial charge < -0.3 is 10.2 Å². The Bertz CT molecular complexity index is 946. The van der Waals surface area contributed by atoms with Gasteiger partial charge in [-0.3, -0.25) is 14.7 Å². The summed E-state index contributed by atoms with van der Waals surface area (Å²) in [6.07, 6.45) is 3.23. The number of nitrogens with one attached hydrogen (secondary N) is 2. The van der Waals surface area contributed by atoms with Crippen LogP contribution in [0.2, 0.25) is 0 Å². The van der Waals surface area contributed by atoms with Crippen molar-refractivity contribution in [2.45, 2.75) is 13.1 Å². The molecule has 0 aliphatic rings. The molecule has 26 heavy (non-hydrogen) atoms. The molecule has 0 aliphatic carbocycles. The maximum Gasteiger partial charge on any atom is 0.269 e. The van der Waals surface area contributed by atoms with Gasteiger partial charge in [0, 0.05) is 32.3 Å². The van der Waals surface area contributed by atoms with Crippen LogP contribution in [0.3, 0.4) is 0 Å². The number of carbonyl (C=O) groups is 1. The molecular weight excluding hydrogens is 332 g/mol. The summed E-state index contributed by atoms with van der Waals surface area (Å²) in [4.78, 5) is 26.0. The molecule has 8 heteroatoms. The number of anilines is 1. The second kappa shape index (κ2) is 7.64. The lowest BCUT2D eigenvalue weighted by Gasteiger charge is -2.12. The van der Waals surface area contributed by atoms with Crippen LogP contribution in [0.4, 0.5) is 5.69 Å². The van der Waals surface area contributed by atoms with Gasteiger partial charge in [0.1, 0.15) is 6.54 Å². The van der Waals surface area contributed by atoms with Crippen molar-refractivity contribution in [3.05, 3.63) is 64.7 Å². The number of benzene rings is 1. The molecule has 0 bridgehead atoms. The Kier molecular flexibility index (Phi) is 5.12. The molecule has 0 saturated carbocycles. The third-order valence-corrected chi connectivity index (χ3v) is 3.92. The number of amides is 1. The molecule has 3 aromatic rings. The maximum absolute atomic E-state index is 12.2. The molecule has 0 spiro atoms. The van der Waals surface area contributed by atoms with Crippen molar-refractivity contribution in [1.29, 1.82) is 0 Å². The zero-order valence-corrected chi connectivity index (χ0v) is 14.6. The number of aromatic amines is 1. The minimum atomic E-state index is -0.320. The number of hydrogen-bond donors (Lipinski definition) is 2. The highest BCUT2D eigenvalue weighted by atomic mass is 16.2. The summed E-state index contributed by atoms with van der Waals surface area (Å²) in [6, 6.07) is 11.2. The summed E-state index contributed by atoms with van der Waals surface area (Å²) in [7, 11) is 3.64. The first-order chi connectivity index (χ1) is 12.5. The average Bonchev–Trinajstić information content (AvgIpc) is 3.11. The van der Waals surface area contributed by atoms with Crippen molar-refractivity contribution in [2.75, 3.05) is 19.0 Å². The van der Waals surface area contributed by atoms with Gasteiger partial charge in [0.05, 0.1) is 23.8 Å². The van der Waals surface area contributed by atoms with E-state index in [-0.39, 0.29) is 18.0 Å². The molecule has 0 aliphatic heterocycles. The highest BCUT2D eigenvalue weighted by molar-refractivity contribution is 5.76. The van der Waals surface area contributed by atoms with Gasteiger partial charge >= 0.3 is 0 Å². The van der Waals surface area contributed by atoms with Gasteiger partial charge in [0.15, 0.2) is 0 Å². The van der Waals surface area contributed by atoms with E-state index in [1.54, 1.807) is 17.3 Å². The van der Waals surface area contributed by atoms with Crippen molar-refractivity contribution < 1.29 is 4.79 Å². The molecule has 0 unspecified atom stereocenters. The molecular formula is C18H20N6O2. The molecule has 3 rings (SSSR count). The van der Waals surface area contributed by atoms with Gasteiger partial charge in [-0.2, -0.15) is 10.2 Å². The Morgan fingerprint density at radius 2 is 2.00 bits per heavy atom. The molecule has 0 radical (unpaired) electrons. The topological polar surface area (TPSA) is 95.9 Å². The van der Waals surface area contributed by atoms with Crippen LogP contribution in [-0.2, 0) is 17.9 Å². The van der Waals surface area contributed by atoms with Gasteiger partial charge in [-0.1, -0.05) is 30.3 Å². The lowest BCUT2D eigenvalue weighted by atomic mass is 10.1. The molecule has 2 heterocycles. The lowest BCUT2D eigenvalue weighted by Crippen LogP contribution is -2.33. The van der Waals surface area contributed by atoms with E-state index in [1.807, 2.05) is 44.4 Å². The van der Waals surface area contributed by atoms with E-state index in [0.717, 1.165) is 21.5 Å². The summed E-state index contributed by atoms with van der Waals surface area (Å²) < 4.78 is 1.13. The Morgan fingerprint density at radius 1 is 1.23 bits per heavy atom. The smallest absolute Gasteiger partial charge is 0.269 e. The largest absolute Gasteiger partial charge is 0.376 e. The zero-order chi connectivity index (χ0) is 18.5. The molecule has 8 nitrogen and oxygen atoms in total. The molecule has 2 N–H and O–H groups in total. The Morgan fingerprint density at radius 3 is 2.69 bits per heavy atom. The van der Waals surface area contributed by atoms with Crippen molar-refractivity contribution in [3.63, 3.8) is 0 Å². The maximum atomic E-state index is 12.2. The molecule has 0 atom stereocenters.